The second kappa shape index (κ2) is 7.45. The first-order chi connectivity index (χ1) is 10.9. The summed E-state index contributed by atoms with van der Waals surface area (Å²) in [7, 11) is 0. The molecule has 2 rings (SSSR count). The van der Waals surface area contributed by atoms with E-state index in [-0.39, 0.29) is 10.1 Å². The molecule has 2 N–H and O–H groups in total. The maximum Gasteiger partial charge on any atom is 0.342 e. The minimum atomic E-state index is -1.13. The van der Waals surface area contributed by atoms with Gasteiger partial charge in [-0.2, -0.15) is 0 Å². The Labute approximate surface area is 134 Å². The van der Waals surface area contributed by atoms with E-state index in [2.05, 4.69) is 10.2 Å². The molecule has 0 fully saturated rings. The first-order valence-electron chi connectivity index (χ1n) is 6.31. The molecule has 0 spiro atoms. The number of benzene rings is 1. The fourth-order valence-corrected chi connectivity index (χ4v) is 2.22. The molecule has 0 atom stereocenters. The Morgan fingerprint density at radius 2 is 1.96 bits per heavy atom. The van der Waals surface area contributed by atoms with Crippen LogP contribution in [0.5, 0.6) is 5.75 Å². The van der Waals surface area contributed by atoms with Crippen LogP contribution in [-0.4, -0.2) is 39.0 Å². The Morgan fingerprint density at radius 1 is 1.26 bits per heavy atom. The van der Waals surface area contributed by atoms with E-state index in [1.165, 1.54) is 6.08 Å². The molecule has 8 nitrogen and oxygen atoms in total. The van der Waals surface area contributed by atoms with Crippen LogP contribution in [0.3, 0.4) is 0 Å². The number of aliphatic carboxylic acids is 2. The average molecular weight is 336 g/mol. The van der Waals surface area contributed by atoms with Crippen LogP contribution < -0.4 is 4.74 Å². The topological polar surface area (TPSA) is 123 Å². The third-order valence-electron chi connectivity index (χ3n) is 2.46. The van der Waals surface area contributed by atoms with Crippen LogP contribution in [0.4, 0.5) is 0 Å². The molecule has 0 aliphatic rings. The summed E-state index contributed by atoms with van der Waals surface area (Å²) in [6.45, 7) is 1.17. The number of thioether (sulfide) groups is 1. The normalized spacial score (nSPS) is 11.3. The van der Waals surface area contributed by atoms with Crippen molar-refractivity contribution in [2.45, 2.75) is 12.1 Å². The van der Waals surface area contributed by atoms with Crippen molar-refractivity contribution in [1.82, 2.24) is 10.2 Å². The Bertz CT molecular complexity index is 738. The van der Waals surface area contributed by atoms with E-state index in [0.29, 0.717) is 17.2 Å². The number of ether oxygens (including phenoxy) is 1. The molecular weight excluding hydrogens is 324 g/mol. The van der Waals surface area contributed by atoms with E-state index in [1.54, 1.807) is 31.2 Å². The number of rotatable bonds is 7. The molecule has 0 saturated heterocycles. The van der Waals surface area contributed by atoms with Crippen molar-refractivity contribution in [3.05, 3.63) is 40.6 Å². The molecule has 120 valence electrons. The van der Waals surface area contributed by atoms with Crippen molar-refractivity contribution in [3.8, 4) is 5.75 Å². The highest BCUT2D eigenvalue weighted by Crippen LogP contribution is 2.27. The van der Waals surface area contributed by atoms with E-state index in [4.69, 9.17) is 14.3 Å². The molecule has 0 aliphatic heterocycles. The van der Waals surface area contributed by atoms with Crippen molar-refractivity contribution >= 4 is 29.8 Å². The van der Waals surface area contributed by atoms with Crippen LogP contribution in [-0.2, 0) is 9.59 Å². The molecule has 23 heavy (non-hydrogen) atoms. The van der Waals surface area contributed by atoms with E-state index < -0.39 is 18.5 Å². The van der Waals surface area contributed by atoms with Crippen LogP contribution in [0, 0.1) is 6.92 Å². The van der Waals surface area contributed by atoms with E-state index in [1.807, 2.05) is 0 Å². The molecule has 2 aromatic rings. The van der Waals surface area contributed by atoms with Crippen molar-refractivity contribution in [3.63, 3.8) is 0 Å². The van der Waals surface area contributed by atoms with Crippen LogP contribution in [0.15, 0.2) is 38.8 Å². The van der Waals surface area contributed by atoms with Crippen molar-refractivity contribution in [2.24, 2.45) is 0 Å². The maximum absolute atomic E-state index is 11.3. The SMILES string of the molecule is Cc1nnc(S/C(=C\c2ccc(OCC(=O)O)cc2)C(=O)O)o1. The third-order valence-corrected chi connectivity index (χ3v) is 3.31. The highest BCUT2D eigenvalue weighted by molar-refractivity contribution is 8.03. The zero-order valence-corrected chi connectivity index (χ0v) is 12.7. The number of nitrogens with zero attached hydrogens (tertiary/aromatic N) is 2. The minimum Gasteiger partial charge on any atom is -0.482 e. The minimum absolute atomic E-state index is 0.00727. The zero-order chi connectivity index (χ0) is 16.8. The van der Waals surface area contributed by atoms with Crippen LogP contribution >= 0.6 is 11.8 Å². The quantitative estimate of drug-likeness (QED) is 0.577. The smallest absolute Gasteiger partial charge is 0.342 e. The van der Waals surface area contributed by atoms with E-state index in [0.717, 1.165) is 11.8 Å². The van der Waals surface area contributed by atoms with Crippen molar-refractivity contribution in [1.29, 1.82) is 0 Å². The molecule has 1 aromatic heterocycles. The number of carboxylic acid groups (broad SMARTS) is 2. The number of hydrogen-bond donors (Lipinski definition) is 2. The third kappa shape index (κ3) is 5.15. The van der Waals surface area contributed by atoms with Gasteiger partial charge in [-0.1, -0.05) is 12.1 Å². The van der Waals surface area contributed by atoms with Gasteiger partial charge in [0, 0.05) is 6.92 Å². The molecular formula is C14H12N2O6S. The van der Waals surface area contributed by atoms with Crippen molar-refractivity contribution in [2.75, 3.05) is 6.61 Å². The number of carbonyl (C=O) groups is 2. The summed E-state index contributed by atoms with van der Waals surface area (Å²) in [4.78, 5) is 21.7. The van der Waals surface area contributed by atoms with Gasteiger partial charge in [-0.25, -0.2) is 9.59 Å². The van der Waals surface area contributed by atoms with Gasteiger partial charge in [0.25, 0.3) is 5.22 Å². The number of aromatic nitrogens is 2. The fourth-order valence-electron chi connectivity index (χ4n) is 1.51. The van der Waals surface area contributed by atoms with Crippen LogP contribution in [0.25, 0.3) is 6.08 Å². The summed E-state index contributed by atoms with van der Waals surface area (Å²) >= 11 is 0.843. The van der Waals surface area contributed by atoms with Crippen LogP contribution in [0.2, 0.25) is 0 Å². The summed E-state index contributed by atoms with van der Waals surface area (Å²) in [6, 6.07) is 6.32. The number of aryl methyl sites for hydroxylation is 1. The highest BCUT2D eigenvalue weighted by atomic mass is 32.2. The molecule has 0 bridgehead atoms. The molecule has 0 saturated carbocycles. The van der Waals surface area contributed by atoms with Crippen LogP contribution in [0.1, 0.15) is 11.5 Å². The average Bonchev–Trinajstić information content (AvgIpc) is 2.91. The molecule has 0 aliphatic carbocycles. The number of hydrogen-bond acceptors (Lipinski definition) is 7. The van der Waals surface area contributed by atoms with Gasteiger partial charge in [0.1, 0.15) is 10.7 Å². The van der Waals surface area contributed by atoms with Gasteiger partial charge in [0.2, 0.25) is 5.89 Å². The first kappa shape index (κ1) is 16.6. The second-order valence-electron chi connectivity index (χ2n) is 4.25. The first-order valence-corrected chi connectivity index (χ1v) is 7.13. The highest BCUT2D eigenvalue weighted by Gasteiger charge is 2.14. The summed E-state index contributed by atoms with van der Waals surface area (Å²) in [5.41, 5.74) is 0.605. The Balaban J connectivity index is 2.12. The molecule has 0 amide bonds. The lowest BCUT2D eigenvalue weighted by molar-refractivity contribution is -0.139. The van der Waals surface area contributed by atoms with Crippen molar-refractivity contribution < 1.29 is 29.0 Å². The van der Waals surface area contributed by atoms with E-state index >= 15 is 0 Å². The van der Waals surface area contributed by atoms with E-state index in [9.17, 15) is 14.7 Å². The molecule has 9 heteroatoms. The van der Waals surface area contributed by atoms with Gasteiger partial charge in [0.15, 0.2) is 6.61 Å². The summed E-state index contributed by atoms with van der Waals surface area (Å²) in [5, 5.41) is 25.3. The van der Waals surface area contributed by atoms with Gasteiger partial charge >= 0.3 is 11.9 Å². The lowest BCUT2D eigenvalue weighted by Crippen LogP contribution is -2.09. The monoisotopic (exact) mass is 336 g/mol. The standard InChI is InChI=1S/C14H12N2O6S/c1-8-15-16-14(22-8)23-11(13(19)20)6-9-2-4-10(5-3-9)21-7-12(17)18/h2-6H,7H2,1H3,(H,17,18)(H,19,20)/b11-6-. The number of carboxylic acids is 2. The zero-order valence-electron chi connectivity index (χ0n) is 11.9. The summed E-state index contributed by atoms with van der Waals surface area (Å²) < 4.78 is 10.1. The maximum atomic E-state index is 11.3. The molecule has 1 aromatic carbocycles. The second-order valence-corrected chi connectivity index (χ2v) is 5.25. The van der Waals surface area contributed by atoms with Gasteiger partial charge in [-0.15, -0.1) is 10.2 Å². The largest absolute Gasteiger partial charge is 0.482 e. The summed E-state index contributed by atoms with van der Waals surface area (Å²) in [6.07, 6.45) is 1.44. The Hall–Kier alpha value is -2.81. The van der Waals surface area contributed by atoms with Gasteiger partial charge in [-0.05, 0) is 35.5 Å². The summed E-state index contributed by atoms with van der Waals surface area (Å²) in [5.74, 6) is -1.48. The van der Waals surface area contributed by atoms with Gasteiger partial charge < -0.3 is 19.4 Å². The fraction of sp³-hybridized carbons (Fsp3) is 0.143. The molecule has 0 radical (unpaired) electrons. The lowest BCUT2D eigenvalue weighted by Gasteiger charge is -2.03. The molecule has 1 heterocycles. The lowest BCUT2D eigenvalue weighted by atomic mass is 10.2. The predicted molar refractivity (Wildman–Crippen MR) is 80.1 cm³/mol. The Morgan fingerprint density at radius 3 is 2.48 bits per heavy atom. The Kier molecular flexibility index (Phi) is 5.36. The molecule has 0 unspecified atom stereocenters. The van der Waals surface area contributed by atoms with Gasteiger partial charge in [-0.3, -0.25) is 0 Å². The predicted octanol–water partition coefficient (Wildman–Crippen LogP) is 2.06. The van der Waals surface area contributed by atoms with Gasteiger partial charge in [0.05, 0.1) is 0 Å².